The van der Waals surface area contributed by atoms with E-state index in [1.165, 1.54) is 0 Å². The van der Waals surface area contributed by atoms with Gasteiger partial charge in [0.15, 0.2) is 6.10 Å². The summed E-state index contributed by atoms with van der Waals surface area (Å²) in [5.74, 6) is -1.82. The van der Waals surface area contributed by atoms with Crippen molar-refractivity contribution in [1.82, 2.24) is 0 Å². The molecule has 0 bridgehead atoms. The zero-order valence-electron chi connectivity index (χ0n) is 8.06. The summed E-state index contributed by atoms with van der Waals surface area (Å²) in [7, 11) is 0. The molecule has 5 heteroatoms. The zero-order valence-corrected chi connectivity index (χ0v) is 8.06. The minimum Gasteiger partial charge on any atom is -0.481 e. The second-order valence-electron chi connectivity index (χ2n) is 3.17. The van der Waals surface area contributed by atoms with Crippen LogP contribution in [0.3, 0.4) is 0 Å². The van der Waals surface area contributed by atoms with Crippen LogP contribution in [0.2, 0.25) is 0 Å². The largest absolute Gasteiger partial charge is 0.481 e. The Bertz CT molecular complexity index is 225. The van der Waals surface area contributed by atoms with Gasteiger partial charge in [0, 0.05) is 6.61 Å². The van der Waals surface area contributed by atoms with Crippen molar-refractivity contribution in [3.63, 3.8) is 0 Å². The van der Waals surface area contributed by atoms with Crippen LogP contribution >= 0.6 is 0 Å². The van der Waals surface area contributed by atoms with Crippen LogP contribution in [0.5, 0.6) is 0 Å². The Balaban J connectivity index is 2.47. The molecule has 1 aliphatic heterocycles. The average molecular weight is 202 g/mol. The van der Waals surface area contributed by atoms with Crippen LogP contribution in [-0.4, -0.2) is 36.4 Å². The lowest BCUT2D eigenvalue weighted by Crippen LogP contribution is -2.36. The van der Waals surface area contributed by atoms with Crippen molar-refractivity contribution in [2.45, 2.75) is 25.9 Å². The zero-order chi connectivity index (χ0) is 10.6. The Labute approximate surface area is 82.0 Å². The predicted molar refractivity (Wildman–Crippen MR) is 46.7 cm³/mol. The normalized spacial score (nSPS) is 26.9. The first-order chi connectivity index (χ1) is 6.65. The Morgan fingerprint density at radius 3 is 2.86 bits per heavy atom. The van der Waals surface area contributed by atoms with Crippen molar-refractivity contribution in [2.75, 3.05) is 13.2 Å². The highest BCUT2D eigenvalue weighted by molar-refractivity contribution is 5.77. The molecule has 0 saturated carbocycles. The number of ether oxygens (including phenoxy) is 2. The predicted octanol–water partition coefficient (Wildman–Crippen LogP) is 0.429. The number of carbonyl (C=O) groups is 2. The minimum absolute atomic E-state index is 0.216. The van der Waals surface area contributed by atoms with Gasteiger partial charge in [-0.3, -0.25) is 4.79 Å². The van der Waals surface area contributed by atoms with Crippen LogP contribution in [0.25, 0.3) is 0 Å². The summed E-state index contributed by atoms with van der Waals surface area (Å²) < 4.78 is 9.89. The van der Waals surface area contributed by atoms with E-state index in [1.807, 2.05) is 0 Å². The van der Waals surface area contributed by atoms with Crippen molar-refractivity contribution in [2.24, 2.45) is 5.92 Å². The van der Waals surface area contributed by atoms with E-state index in [4.69, 9.17) is 14.6 Å². The molecule has 5 nitrogen and oxygen atoms in total. The molecule has 80 valence electrons. The fourth-order valence-corrected chi connectivity index (χ4v) is 1.42. The first-order valence-corrected chi connectivity index (χ1v) is 4.66. The van der Waals surface area contributed by atoms with Crippen LogP contribution in [0.1, 0.15) is 19.8 Å². The molecule has 1 N–H and O–H groups in total. The summed E-state index contributed by atoms with van der Waals surface area (Å²) in [6.07, 6.45) is -0.0239. The first kappa shape index (κ1) is 11.0. The van der Waals surface area contributed by atoms with Crippen molar-refractivity contribution in [3.05, 3.63) is 0 Å². The van der Waals surface area contributed by atoms with Gasteiger partial charge in [-0.15, -0.1) is 0 Å². The molecule has 0 aliphatic carbocycles. The van der Waals surface area contributed by atoms with Gasteiger partial charge < -0.3 is 14.6 Å². The van der Waals surface area contributed by atoms with E-state index in [1.54, 1.807) is 6.92 Å². The fraction of sp³-hybridized carbons (Fsp3) is 0.778. The van der Waals surface area contributed by atoms with Gasteiger partial charge in [-0.25, -0.2) is 4.79 Å². The summed E-state index contributed by atoms with van der Waals surface area (Å²) in [4.78, 5) is 21.9. The number of rotatable bonds is 3. The van der Waals surface area contributed by atoms with E-state index in [0.717, 1.165) is 0 Å². The average Bonchev–Trinajstić information content (AvgIpc) is 2.18. The van der Waals surface area contributed by atoms with E-state index < -0.39 is 24.0 Å². The van der Waals surface area contributed by atoms with Crippen LogP contribution in [-0.2, 0) is 19.1 Å². The molecule has 14 heavy (non-hydrogen) atoms. The van der Waals surface area contributed by atoms with Gasteiger partial charge in [-0.1, -0.05) is 0 Å². The van der Waals surface area contributed by atoms with Crippen molar-refractivity contribution in [3.8, 4) is 0 Å². The van der Waals surface area contributed by atoms with Gasteiger partial charge >= 0.3 is 11.9 Å². The van der Waals surface area contributed by atoms with Crippen molar-refractivity contribution < 1.29 is 24.2 Å². The number of esters is 1. The molecule has 1 saturated heterocycles. The van der Waals surface area contributed by atoms with Gasteiger partial charge in [0.25, 0.3) is 0 Å². The second-order valence-corrected chi connectivity index (χ2v) is 3.17. The molecule has 0 spiro atoms. The van der Waals surface area contributed by atoms with E-state index >= 15 is 0 Å². The van der Waals surface area contributed by atoms with E-state index in [0.29, 0.717) is 13.0 Å². The smallest absolute Gasteiger partial charge is 0.335 e. The Morgan fingerprint density at radius 1 is 1.57 bits per heavy atom. The molecule has 0 unspecified atom stereocenters. The van der Waals surface area contributed by atoms with Crippen LogP contribution in [0.4, 0.5) is 0 Å². The van der Waals surface area contributed by atoms with E-state index in [-0.39, 0.29) is 13.0 Å². The van der Waals surface area contributed by atoms with Gasteiger partial charge in [0.1, 0.15) is 0 Å². The quantitative estimate of drug-likeness (QED) is 0.672. The molecule has 1 aliphatic rings. The topological polar surface area (TPSA) is 72.8 Å². The molecular weight excluding hydrogens is 188 g/mol. The van der Waals surface area contributed by atoms with Gasteiger partial charge in [0.05, 0.1) is 12.5 Å². The van der Waals surface area contributed by atoms with Crippen LogP contribution in [0, 0.1) is 5.92 Å². The van der Waals surface area contributed by atoms with Crippen molar-refractivity contribution in [1.29, 1.82) is 0 Å². The van der Waals surface area contributed by atoms with E-state index in [9.17, 15) is 9.59 Å². The summed E-state index contributed by atoms with van der Waals surface area (Å²) in [5.41, 5.74) is 0. The Kier molecular flexibility index (Phi) is 3.88. The maximum Gasteiger partial charge on any atom is 0.335 e. The number of hydrogen-bond acceptors (Lipinski definition) is 4. The van der Waals surface area contributed by atoms with E-state index in [2.05, 4.69) is 0 Å². The molecule has 0 aromatic rings. The first-order valence-electron chi connectivity index (χ1n) is 4.66. The summed E-state index contributed by atoms with van der Waals surface area (Å²) in [6, 6.07) is 0. The molecule has 0 amide bonds. The molecular formula is C9H14O5. The number of carboxylic acids is 1. The molecule has 0 aromatic carbocycles. The Hall–Kier alpha value is -1.10. The van der Waals surface area contributed by atoms with Crippen molar-refractivity contribution >= 4 is 11.9 Å². The molecule has 2 atom stereocenters. The van der Waals surface area contributed by atoms with Crippen LogP contribution < -0.4 is 0 Å². The SMILES string of the molecule is CCOC(=O)[C@H]1C[C@@H](C(=O)O)CCO1. The number of aliphatic carboxylic acids is 1. The molecule has 1 heterocycles. The lowest BCUT2D eigenvalue weighted by atomic mass is 9.96. The highest BCUT2D eigenvalue weighted by atomic mass is 16.6. The molecule has 1 rings (SSSR count). The third-order valence-corrected chi connectivity index (χ3v) is 2.18. The third-order valence-electron chi connectivity index (χ3n) is 2.18. The summed E-state index contributed by atoms with van der Waals surface area (Å²) >= 11 is 0. The standard InChI is InChI=1S/C9H14O5/c1-2-13-9(12)7-5-6(8(10)11)3-4-14-7/h6-7H,2-5H2,1H3,(H,10,11)/t6-,7+/m0/s1. The lowest BCUT2D eigenvalue weighted by Gasteiger charge is -2.25. The minimum atomic E-state index is -0.873. The summed E-state index contributed by atoms with van der Waals surface area (Å²) in [5, 5.41) is 8.76. The molecule has 0 aromatic heterocycles. The van der Waals surface area contributed by atoms with Gasteiger partial charge in [-0.2, -0.15) is 0 Å². The number of carboxylic acid groups (broad SMARTS) is 1. The maximum absolute atomic E-state index is 11.2. The van der Waals surface area contributed by atoms with Gasteiger partial charge in [-0.05, 0) is 19.8 Å². The number of carbonyl (C=O) groups excluding carboxylic acids is 1. The molecule has 1 fully saturated rings. The fourth-order valence-electron chi connectivity index (χ4n) is 1.42. The molecule has 0 radical (unpaired) electrons. The van der Waals surface area contributed by atoms with Crippen LogP contribution in [0.15, 0.2) is 0 Å². The lowest BCUT2D eigenvalue weighted by molar-refractivity contribution is -0.164. The monoisotopic (exact) mass is 202 g/mol. The highest BCUT2D eigenvalue weighted by Crippen LogP contribution is 2.21. The maximum atomic E-state index is 11.2. The summed E-state index contributed by atoms with van der Waals surface area (Å²) in [6.45, 7) is 2.30. The third kappa shape index (κ3) is 2.70. The number of hydrogen-bond donors (Lipinski definition) is 1. The Morgan fingerprint density at radius 2 is 2.29 bits per heavy atom. The van der Waals surface area contributed by atoms with Gasteiger partial charge in [0.2, 0.25) is 0 Å². The highest BCUT2D eigenvalue weighted by Gasteiger charge is 2.32. The second kappa shape index (κ2) is 4.95.